The summed E-state index contributed by atoms with van der Waals surface area (Å²) in [6, 6.07) is -0.123. The first kappa shape index (κ1) is 12.7. The molecule has 3 fully saturated rings. The summed E-state index contributed by atoms with van der Waals surface area (Å²) in [5.74, 6) is -0.558. The van der Waals surface area contributed by atoms with Crippen LogP contribution in [0.25, 0.3) is 0 Å². The normalized spacial score (nSPS) is 38.6. The molecule has 3 heterocycles. The molecule has 3 N–H and O–H groups in total. The number of nitrogens with two attached hydrogens (primary N) is 1. The van der Waals surface area contributed by atoms with Crippen molar-refractivity contribution >= 4 is 11.9 Å². The number of nitrogens with one attached hydrogen (secondary N) is 1. The van der Waals surface area contributed by atoms with Crippen LogP contribution in [0.2, 0.25) is 0 Å². The van der Waals surface area contributed by atoms with Crippen LogP contribution < -0.4 is 11.1 Å². The molecule has 106 valence electrons. The number of nitrogens with zero attached hydrogens (tertiary/aromatic N) is 2. The molecule has 3 amide bonds. The highest BCUT2D eigenvalue weighted by Gasteiger charge is 2.55. The standard InChI is InChI=1S/C12H20N4O3/c1-15-5-3-9(7-15)19-12(10(13)17)4-2-8-6-16(12)11(18)14-8/h8-9H,2-7H2,1H3,(H2,13,17)(H,14,18)/t8?,9-,12?/m0/s1. The van der Waals surface area contributed by atoms with Gasteiger partial charge in [-0.2, -0.15) is 0 Å². The van der Waals surface area contributed by atoms with Crippen LogP contribution in [0, 0.1) is 0 Å². The minimum atomic E-state index is -1.26. The molecule has 3 atom stereocenters. The first-order valence-electron chi connectivity index (χ1n) is 6.76. The summed E-state index contributed by atoms with van der Waals surface area (Å²) in [6.45, 7) is 2.21. The van der Waals surface area contributed by atoms with Crippen molar-refractivity contribution in [2.24, 2.45) is 5.73 Å². The van der Waals surface area contributed by atoms with Gasteiger partial charge in [-0.15, -0.1) is 0 Å². The lowest BCUT2D eigenvalue weighted by atomic mass is 9.96. The molecule has 7 nitrogen and oxygen atoms in total. The number of ether oxygens (including phenoxy) is 1. The topological polar surface area (TPSA) is 87.9 Å². The molecular formula is C12H20N4O3. The summed E-state index contributed by atoms with van der Waals surface area (Å²) in [4.78, 5) is 27.5. The molecule has 0 aromatic heterocycles. The zero-order valence-electron chi connectivity index (χ0n) is 11.1. The van der Waals surface area contributed by atoms with Crippen LogP contribution in [0.3, 0.4) is 0 Å². The molecule has 0 aromatic rings. The fourth-order valence-corrected chi connectivity index (χ4v) is 3.28. The lowest BCUT2D eigenvalue weighted by Gasteiger charge is -2.42. The largest absolute Gasteiger partial charge is 0.365 e. The lowest BCUT2D eigenvalue weighted by Crippen LogP contribution is -2.63. The van der Waals surface area contributed by atoms with Crippen molar-refractivity contribution in [1.29, 1.82) is 0 Å². The number of amides is 3. The molecule has 3 aliphatic heterocycles. The third-order valence-corrected chi connectivity index (χ3v) is 4.34. The number of primary amides is 1. The number of urea groups is 1. The Morgan fingerprint density at radius 2 is 2.26 bits per heavy atom. The second kappa shape index (κ2) is 4.35. The fourth-order valence-electron chi connectivity index (χ4n) is 3.28. The number of fused-ring (bicyclic) bond motifs is 2. The number of carbonyl (C=O) groups excluding carboxylic acids is 2. The van der Waals surface area contributed by atoms with Crippen LogP contribution in [-0.4, -0.2) is 66.3 Å². The number of likely N-dealkylation sites (N-methyl/N-ethyl adjacent to an activating group) is 1. The number of rotatable bonds is 3. The van der Waals surface area contributed by atoms with E-state index in [0.29, 0.717) is 13.0 Å². The summed E-state index contributed by atoms with van der Waals surface area (Å²) < 4.78 is 6.02. The minimum absolute atomic E-state index is 0.0394. The molecule has 7 heteroatoms. The van der Waals surface area contributed by atoms with Gasteiger partial charge in [-0.3, -0.25) is 9.69 Å². The zero-order valence-corrected chi connectivity index (χ0v) is 11.1. The van der Waals surface area contributed by atoms with Crippen molar-refractivity contribution in [3.63, 3.8) is 0 Å². The summed E-state index contributed by atoms with van der Waals surface area (Å²) >= 11 is 0. The van der Waals surface area contributed by atoms with E-state index in [4.69, 9.17) is 10.5 Å². The van der Waals surface area contributed by atoms with E-state index in [1.54, 1.807) is 0 Å². The summed E-state index contributed by atoms with van der Waals surface area (Å²) in [5, 5.41) is 2.85. The van der Waals surface area contributed by atoms with E-state index in [-0.39, 0.29) is 18.2 Å². The van der Waals surface area contributed by atoms with Gasteiger partial charge in [-0.05, 0) is 19.9 Å². The maximum Gasteiger partial charge on any atom is 0.320 e. The van der Waals surface area contributed by atoms with Crippen LogP contribution in [0.4, 0.5) is 4.79 Å². The van der Waals surface area contributed by atoms with E-state index in [1.807, 2.05) is 7.05 Å². The van der Waals surface area contributed by atoms with Crippen molar-refractivity contribution in [1.82, 2.24) is 15.1 Å². The number of hydrogen-bond acceptors (Lipinski definition) is 4. The first-order valence-corrected chi connectivity index (χ1v) is 6.76. The van der Waals surface area contributed by atoms with Gasteiger partial charge in [-0.25, -0.2) is 4.79 Å². The second-order valence-electron chi connectivity index (χ2n) is 5.74. The van der Waals surface area contributed by atoms with Gasteiger partial charge in [0.25, 0.3) is 5.91 Å². The zero-order chi connectivity index (χ0) is 13.6. The van der Waals surface area contributed by atoms with Crippen molar-refractivity contribution in [2.45, 2.75) is 37.1 Å². The van der Waals surface area contributed by atoms with E-state index < -0.39 is 11.6 Å². The summed E-state index contributed by atoms with van der Waals surface area (Å²) in [7, 11) is 2.01. The maximum atomic E-state index is 11.9. The molecule has 0 aliphatic carbocycles. The van der Waals surface area contributed by atoms with Crippen molar-refractivity contribution in [2.75, 3.05) is 26.7 Å². The summed E-state index contributed by atoms with van der Waals surface area (Å²) in [6.07, 6.45) is 2.03. The van der Waals surface area contributed by atoms with Crippen LogP contribution in [0.15, 0.2) is 0 Å². The molecule has 3 saturated heterocycles. The first-order chi connectivity index (χ1) is 9.01. The lowest BCUT2D eigenvalue weighted by molar-refractivity contribution is -0.187. The monoisotopic (exact) mass is 268 g/mol. The summed E-state index contributed by atoms with van der Waals surface area (Å²) in [5.41, 5.74) is 4.31. The van der Waals surface area contributed by atoms with Crippen molar-refractivity contribution in [3.05, 3.63) is 0 Å². The Labute approximate surface area is 112 Å². The van der Waals surface area contributed by atoms with E-state index in [1.165, 1.54) is 4.90 Å². The van der Waals surface area contributed by atoms with E-state index in [0.717, 1.165) is 25.9 Å². The molecule has 0 saturated carbocycles. The maximum absolute atomic E-state index is 11.9. The van der Waals surface area contributed by atoms with Gasteiger partial charge in [0.15, 0.2) is 0 Å². The SMILES string of the molecule is CN1CC[C@H](OC2(C(N)=O)CCC3CN2C(=O)N3)C1. The third-order valence-electron chi connectivity index (χ3n) is 4.34. The van der Waals surface area contributed by atoms with Gasteiger partial charge >= 0.3 is 6.03 Å². The van der Waals surface area contributed by atoms with Gasteiger partial charge in [0, 0.05) is 32.1 Å². The van der Waals surface area contributed by atoms with E-state index >= 15 is 0 Å². The molecule has 0 radical (unpaired) electrons. The van der Waals surface area contributed by atoms with Gasteiger partial charge in [0.2, 0.25) is 5.72 Å². The second-order valence-corrected chi connectivity index (χ2v) is 5.74. The van der Waals surface area contributed by atoms with E-state index in [9.17, 15) is 9.59 Å². The van der Waals surface area contributed by atoms with Crippen molar-refractivity contribution in [3.8, 4) is 0 Å². The molecular weight excluding hydrogens is 248 g/mol. The number of carbonyl (C=O) groups is 2. The number of likely N-dealkylation sites (tertiary alicyclic amines) is 1. The fraction of sp³-hybridized carbons (Fsp3) is 0.833. The Bertz CT molecular complexity index is 416. The Morgan fingerprint density at radius 1 is 1.47 bits per heavy atom. The van der Waals surface area contributed by atoms with Crippen LogP contribution >= 0.6 is 0 Å². The van der Waals surface area contributed by atoms with Crippen LogP contribution in [0.5, 0.6) is 0 Å². The third kappa shape index (κ3) is 1.97. The molecule has 3 rings (SSSR count). The Balaban J connectivity index is 1.83. The van der Waals surface area contributed by atoms with Crippen molar-refractivity contribution < 1.29 is 14.3 Å². The molecule has 2 bridgehead atoms. The van der Waals surface area contributed by atoms with Crippen LogP contribution in [-0.2, 0) is 9.53 Å². The Morgan fingerprint density at radius 3 is 2.89 bits per heavy atom. The molecule has 0 spiro atoms. The highest BCUT2D eigenvalue weighted by molar-refractivity contribution is 5.90. The Hall–Kier alpha value is -1.34. The quantitative estimate of drug-likeness (QED) is 0.692. The number of piperidine rings is 1. The predicted molar refractivity (Wildman–Crippen MR) is 67.2 cm³/mol. The molecule has 3 aliphatic rings. The minimum Gasteiger partial charge on any atom is -0.365 e. The Kier molecular flexibility index (Phi) is 2.90. The predicted octanol–water partition coefficient (Wildman–Crippen LogP) is -0.924. The average molecular weight is 268 g/mol. The molecule has 0 aromatic carbocycles. The van der Waals surface area contributed by atoms with Gasteiger partial charge in [-0.1, -0.05) is 0 Å². The van der Waals surface area contributed by atoms with Crippen LogP contribution in [0.1, 0.15) is 19.3 Å². The van der Waals surface area contributed by atoms with Gasteiger partial charge in [0.05, 0.1) is 6.10 Å². The number of hydrogen-bond donors (Lipinski definition) is 2. The van der Waals surface area contributed by atoms with Gasteiger partial charge in [0.1, 0.15) is 0 Å². The highest BCUT2D eigenvalue weighted by Crippen LogP contribution is 2.35. The van der Waals surface area contributed by atoms with E-state index in [2.05, 4.69) is 10.2 Å². The average Bonchev–Trinajstić information content (AvgIpc) is 2.88. The van der Waals surface area contributed by atoms with Gasteiger partial charge < -0.3 is 20.7 Å². The highest BCUT2D eigenvalue weighted by atomic mass is 16.5. The molecule has 2 unspecified atom stereocenters. The molecule has 19 heavy (non-hydrogen) atoms. The smallest absolute Gasteiger partial charge is 0.320 e.